The highest BCUT2D eigenvalue weighted by Gasteiger charge is 2.02. The SMILES string of the molecule is Cl.Nc1ccc(CC(=O)NCCCCOc2ccc(F)cc2)cc1. The summed E-state index contributed by atoms with van der Waals surface area (Å²) in [6.45, 7) is 1.15. The van der Waals surface area contributed by atoms with Crippen LogP contribution in [0.3, 0.4) is 0 Å². The van der Waals surface area contributed by atoms with Crippen molar-refractivity contribution < 1.29 is 13.9 Å². The van der Waals surface area contributed by atoms with Crippen molar-refractivity contribution in [3.05, 3.63) is 59.9 Å². The highest BCUT2D eigenvalue weighted by atomic mass is 35.5. The van der Waals surface area contributed by atoms with Crippen molar-refractivity contribution in [2.75, 3.05) is 18.9 Å². The van der Waals surface area contributed by atoms with Crippen molar-refractivity contribution >= 4 is 24.0 Å². The lowest BCUT2D eigenvalue weighted by Crippen LogP contribution is -2.26. The number of anilines is 1. The molecule has 6 heteroatoms. The molecule has 2 rings (SSSR count). The van der Waals surface area contributed by atoms with Crippen molar-refractivity contribution in [1.82, 2.24) is 5.32 Å². The maximum absolute atomic E-state index is 12.7. The van der Waals surface area contributed by atoms with Crippen LogP contribution in [0.25, 0.3) is 0 Å². The summed E-state index contributed by atoms with van der Waals surface area (Å²) in [4.78, 5) is 11.8. The monoisotopic (exact) mass is 352 g/mol. The number of carbonyl (C=O) groups excluding carboxylic acids is 1. The summed E-state index contributed by atoms with van der Waals surface area (Å²) in [6, 6.07) is 13.2. The molecule has 0 saturated carbocycles. The van der Waals surface area contributed by atoms with Crippen LogP contribution in [-0.2, 0) is 11.2 Å². The van der Waals surface area contributed by atoms with Gasteiger partial charge in [-0.15, -0.1) is 12.4 Å². The first kappa shape index (κ1) is 19.8. The Balaban J connectivity index is 0.00000288. The Morgan fingerprint density at radius 2 is 1.71 bits per heavy atom. The normalized spacial score (nSPS) is 9.88. The molecule has 0 radical (unpaired) electrons. The minimum Gasteiger partial charge on any atom is -0.494 e. The number of rotatable bonds is 8. The van der Waals surface area contributed by atoms with Gasteiger partial charge < -0.3 is 15.8 Å². The third kappa shape index (κ3) is 7.33. The summed E-state index contributed by atoms with van der Waals surface area (Å²) >= 11 is 0. The van der Waals surface area contributed by atoms with Gasteiger partial charge in [0.05, 0.1) is 13.0 Å². The summed E-state index contributed by atoms with van der Waals surface area (Å²) in [5.41, 5.74) is 7.23. The van der Waals surface area contributed by atoms with E-state index in [1.165, 1.54) is 12.1 Å². The Kier molecular flexibility index (Phi) is 8.65. The Morgan fingerprint density at radius 1 is 1.04 bits per heavy atom. The molecule has 2 aromatic rings. The molecule has 0 heterocycles. The molecule has 4 nitrogen and oxygen atoms in total. The van der Waals surface area contributed by atoms with Crippen LogP contribution in [0.5, 0.6) is 5.75 Å². The Morgan fingerprint density at radius 3 is 2.38 bits per heavy atom. The molecule has 0 fully saturated rings. The molecule has 24 heavy (non-hydrogen) atoms. The summed E-state index contributed by atoms with van der Waals surface area (Å²) in [7, 11) is 0. The fourth-order valence-corrected chi connectivity index (χ4v) is 2.06. The highest BCUT2D eigenvalue weighted by molar-refractivity contribution is 5.85. The number of hydrogen-bond acceptors (Lipinski definition) is 3. The van der Waals surface area contributed by atoms with Gasteiger partial charge in [-0.2, -0.15) is 0 Å². The van der Waals surface area contributed by atoms with E-state index in [0.29, 0.717) is 31.0 Å². The van der Waals surface area contributed by atoms with Crippen LogP contribution in [-0.4, -0.2) is 19.1 Å². The predicted octanol–water partition coefficient (Wildman–Crippen LogP) is 3.35. The van der Waals surface area contributed by atoms with Crippen molar-refractivity contribution in [3.63, 3.8) is 0 Å². The van der Waals surface area contributed by atoms with Crippen molar-refractivity contribution in [2.24, 2.45) is 0 Å². The van der Waals surface area contributed by atoms with E-state index in [2.05, 4.69) is 5.32 Å². The van der Waals surface area contributed by atoms with E-state index >= 15 is 0 Å². The number of halogens is 2. The first-order chi connectivity index (χ1) is 11.1. The molecular weight excluding hydrogens is 331 g/mol. The topological polar surface area (TPSA) is 64.4 Å². The average Bonchev–Trinajstić information content (AvgIpc) is 2.54. The van der Waals surface area contributed by atoms with E-state index < -0.39 is 0 Å². The molecule has 0 bridgehead atoms. The average molecular weight is 353 g/mol. The molecule has 0 saturated heterocycles. The predicted molar refractivity (Wildman–Crippen MR) is 95.9 cm³/mol. The number of carbonyl (C=O) groups is 1. The molecule has 0 aromatic heterocycles. The standard InChI is InChI=1S/C18H21FN2O2.ClH/c19-15-5-9-17(10-6-15)23-12-2-1-11-21-18(22)13-14-3-7-16(20)8-4-14;/h3-10H,1-2,11-13,20H2,(H,21,22);1H. The number of nitrogens with two attached hydrogens (primary N) is 1. The fourth-order valence-electron chi connectivity index (χ4n) is 2.06. The van der Waals surface area contributed by atoms with Crippen LogP contribution in [0.15, 0.2) is 48.5 Å². The van der Waals surface area contributed by atoms with E-state index in [9.17, 15) is 9.18 Å². The molecule has 2 aromatic carbocycles. The zero-order valence-electron chi connectivity index (χ0n) is 13.3. The molecule has 0 atom stereocenters. The van der Waals surface area contributed by atoms with Gasteiger partial charge >= 0.3 is 0 Å². The third-order valence-electron chi connectivity index (χ3n) is 3.32. The number of amides is 1. The van der Waals surface area contributed by atoms with E-state index in [4.69, 9.17) is 10.5 Å². The second-order valence-electron chi connectivity index (χ2n) is 5.28. The number of nitrogens with one attached hydrogen (secondary N) is 1. The Hall–Kier alpha value is -2.27. The quantitative estimate of drug-likeness (QED) is 0.565. The Labute approximate surface area is 147 Å². The lowest BCUT2D eigenvalue weighted by Gasteiger charge is -2.07. The van der Waals surface area contributed by atoms with Crippen LogP contribution in [0.2, 0.25) is 0 Å². The number of hydrogen-bond donors (Lipinski definition) is 2. The van der Waals surface area contributed by atoms with Crippen molar-refractivity contribution in [2.45, 2.75) is 19.3 Å². The molecule has 0 aliphatic carbocycles. The summed E-state index contributed by atoms with van der Waals surface area (Å²) < 4.78 is 18.2. The second kappa shape index (κ2) is 10.5. The first-order valence-electron chi connectivity index (χ1n) is 7.63. The van der Waals surface area contributed by atoms with E-state index in [1.54, 1.807) is 24.3 Å². The fraction of sp³-hybridized carbons (Fsp3) is 0.278. The highest BCUT2D eigenvalue weighted by Crippen LogP contribution is 2.11. The number of nitrogen functional groups attached to an aromatic ring is 1. The van der Waals surface area contributed by atoms with Crippen molar-refractivity contribution in [1.29, 1.82) is 0 Å². The molecular formula is C18H22ClFN2O2. The molecule has 130 valence electrons. The van der Waals surface area contributed by atoms with E-state index in [0.717, 1.165) is 18.4 Å². The number of unbranched alkanes of at least 4 members (excludes halogenated alkanes) is 1. The molecule has 3 N–H and O–H groups in total. The van der Waals surface area contributed by atoms with Crippen LogP contribution in [0.1, 0.15) is 18.4 Å². The summed E-state index contributed by atoms with van der Waals surface area (Å²) in [5, 5.41) is 2.88. The Bertz CT molecular complexity index is 618. The largest absolute Gasteiger partial charge is 0.494 e. The smallest absolute Gasteiger partial charge is 0.224 e. The molecule has 0 aliphatic heterocycles. The second-order valence-corrected chi connectivity index (χ2v) is 5.28. The van der Waals surface area contributed by atoms with Gasteiger partial charge in [0.15, 0.2) is 0 Å². The summed E-state index contributed by atoms with van der Waals surface area (Å²) in [5.74, 6) is 0.370. The van der Waals surface area contributed by atoms with E-state index in [-0.39, 0.29) is 24.1 Å². The molecule has 0 aliphatic rings. The van der Waals surface area contributed by atoms with Gasteiger partial charge in [0, 0.05) is 12.2 Å². The van der Waals surface area contributed by atoms with Gasteiger partial charge in [-0.25, -0.2) is 4.39 Å². The maximum atomic E-state index is 12.7. The zero-order valence-corrected chi connectivity index (χ0v) is 14.2. The minimum absolute atomic E-state index is 0. The third-order valence-corrected chi connectivity index (χ3v) is 3.32. The molecule has 1 amide bonds. The van der Waals surface area contributed by atoms with Gasteiger partial charge in [0.25, 0.3) is 0 Å². The lowest BCUT2D eigenvalue weighted by atomic mass is 10.1. The van der Waals surface area contributed by atoms with Gasteiger partial charge in [0.2, 0.25) is 5.91 Å². The van der Waals surface area contributed by atoms with Gasteiger partial charge in [-0.05, 0) is 54.8 Å². The van der Waals surface area contributed by atoms with Gasteiger partial charge in [-0.1, -0.05) is 12.1 Å². The number of benzene rings is 2. The number of ether oxygens (including phenoxy) is 1. The summed E-state index contributed by atoms with van der Waals surface area (Å²) in [6.07, 6.45) is 2.00. The first-order valence-corrected chi connectivity index (χ1v) is 7.63. The lowest BCUT2D eigenvalue weighted by molar-refractivity contribution is -0.120. The molecule has 0 spiro atoms. The molecule has 0 unspecified atom stereocenters. The minimum atomic E-state index is -0.277. The van der Waals surface area contributed by atoms with Crippen LogP contribution < -0.4 is 15.8 Å². The van der Waals surface area contributed by atoms with Crippen molar-refractivity contribution in [3.8, 4) is 5.75 Å². The van der Waals surface area contributed by atoms with E-state index in [1.807, 2.05) is 12.1 Å². The van der Waals surface area contributed by atoms with Crippen LogP contribution in [0.4, 0.5) is 10.1 Å². The van der Waals surface area contributed by atoms with Gasteiger partial charge in [0.1, 0.15) is 11.6 Å². The van der Waals surface area contributed by atoms with Gasteiger partial charge in [-0.3, -0.25) is 4.79 Å². The van der Waals surface area contributed by atoms with Crippen LogP contribution in [0, 0.1) is 5.82 Å². The van der Waals surface area contributed by atoms with Crippen LogP contribution >= 0.6 is 12.4 Å². The zero-order chi connectivity index (χ0) is 16.5. The maximum Gasteiger partial charge on any atom is 0.224 e.